The summed E-state index contributed by atoms with van der Waals surface area (Å²) in [6.07, 6.45) is 1.73. The number of anilines is 1. The van der Waals surface area contributed by atoms with Crippen molar-refractivity contribution >= 4 is 33.3 Å². The molecule has 0 fully saturated rings. The van der Waals surface area contributed by atoms with E-state index in [4.69, 9.17) is 11.6 Å². The van der Waals surface area contributed by atoms with E-state index in [9.17, 15) is 4.39 Å². The smallest absolute Gasteiger partial charge is 0.133 e. The first-order valence-electron chi connectivity index (χ1n) is 5.76. The molecule has 0 amide bonds. The van der Waals surface area contributed by atoms with Gasteiger partial charge in [-0.2, -0.15) is 0 Å². The summed E-state index contributed by atoms with van der Waals surface area (Å²) >= 11 is 9.30. The minimum absolute atomic E-state index is 0.229. The minimum Gasteiger partial charge on any atom is -0.355 e. The summed E-state index contributed by atoms with van der Waals surface area (Å²) in [5.41, 5.74) is 1.84. The van der Waals surface area contributed by atoms with Gasteiger partial charge in [0.2, 0.25) is 0 Å². The summed E-state index contributed by atoms with van der Waals surface area (Å²) in [6.45, 7) is 0.580. The molecule has 1 aromatic carbocycles. The Kier molecular flexibility index (Phi) is 4.77. The molecule has 1 aromatic heterocycles. The van der Waals surface area contributed by atoms with Crippen LogP contribution in [0.3, 0.4) is 0 Å². The summed E-state index contributed by atoms with van der Waals surface area (Å²) in [6, 6.07) is 8.49. The average Bonchev–Trinajstić information content (AvgIpc) is 2.38. The molecule has 0 aliphatic carbocycles. The van der Waals surface area contributed by atoms with E-state index in [1.807, 2.05) is 24.1 Å². The molecule has 0 N–H and O–H groups in total. The van der Waals surface area contributed by atoms with Crippen LogP contribution in [-0.2, 0) is 12.4 Å². The van der Waals surface area contributed by atoms with Crippen molar-refractivity contribution in [2.75, 3.05) is 11.9 Å². The van der Waals surface area contributed by atoms with Crippen LogP contribution in [0.2, 0.25) is 0 Å². The Labute approximate surface area is 125 Å². The molecule has 0 saturated heterocycles. The summed E-state index contributed by atoms with van der Waals surface area (Å²) in [5, 5.41) is 0. The molecule has 0 atom stereocenters. The molecule has 5 heteroatoms. The number of aromatic nitrogens is 1. The molecule has 100 valence electrons. The number of hydrogen-bond acceptors (Lipinski definition) is 2. The summed E-state index contributed by atoms with van der Waals surface area (Å²) in [4.78, 5) is 6.33. The van der Waals surface area contributed by atoms with Gasteiger partial charge < -0.3 is 4.90 Å². The molecule has 0 spiro atoms. The van der Waals surface area contributed by atoms with E-state index in [1.165, 1.54) is 12.1 Å². The van der Waals surface area contributed by atoms with Crippen molar-refractivity contribution in [1.82, 2.24) is 4.98 Å². The van der Waals surface area contributed by atoms with Crippen LogP contribution in [-0.4, -0.2) is 12.0 Å². The lowest BCUT2D eigenvalue weighted by Crippen LogP contribution is -2.19. The van der Waals surface area contributed by atoms with E-state index in [2.05, 4.69) is 20.9 Å². The lowest BCUT2D eigenvalue weighted by molar-refractivity contribution is 0.625. The van der Waals surface area contributed by atoms with Crippen molar-refractivity contribution in [3.8, 4) is 0 Å². The van der Waals surface area contributed by atoms with Gasteiger partial charge in [0.1, 0.15) is 11.6 Å². The number of benzene rings is 1. The van der Waals surface area contributed by atoms with Crippen molar-refractivity contribution in [2.45, 2.75) is 12.4 Å². The predicted octanol–water partition coefficient (Wildman–Crippen LogP) is 4.36. The molecule has 0 bridgehead atoms. The van der Waals surface area contributed by atoms with Gasteiger partial charge in [0.25, 0.3) is 0 Å². The number of nitrogens with zero attached hydrogens (tertiary/aromatic N) is 2. The topological polar surface area (TPSA) is 16.1 Å². The number of rotatable bonds is 4. The number of pyridine rings is 1. The molecule has 0 saturated carbocycles. The molecular formula is C14H13BrClFN2. The Morgan fingerprint density at radius 1 is 1.37 bits per heavy atom. The van der Waals surface area contributed by atoms with Gasteiger partial charge in [0, 0.05) is 29.8 Å². The van der Waals surface area contributed by atoms with E-state index in [1.54, 1.807) is 12.3 Å². The molecule has 2 aromatic rings. The third kappa shape index (κ3) is 3.67. The van der Waals surface area contributed by atoms with Gasteiger partial charge in [-0.25, -0.2) is 9.37 Å². The average molecular weight is 344 g/mol. The lowest BCUT2D eigenvalue weighted by Gasteiger charge is -2.21. The predicted molar refractivity (Wildman–Crippen MR) is 80.0 cm³/mol. The van der Waals surface area contributed by atoms with Crippen LogP contribution < -0.4 is 4.90 Å². The minimum atomic E-state index is -0.229. The first-order chi connectivity index (χ1) is 9.10. The van der Waals surface area contributed by atoms with Crippen LogP contribution in [0.25, 0.3) is 0 Å². The van der Waals surface area contributed by atoms with Crippen LogP contribution in [0.5, 0.6) is 0 Å². The van der Waals surface area contributed by atoms with Crippen molar-refractivity contribution in [3.63, 3.8) is 0 Å². The van der Waals surface area contributed by atoms with Gasteiger partial charge in [-0.3, -0.25) is 0 Å². The highest BCUT2D eigenvalue weighted by Gasteiger charge is 2.10. The fourth-order valence-corrected chi connectivity index (χ4v) is 2.48. The molecule has 0 aliphatic rings. The molecule has 0 unspecified atom stereocenters. The molecular weight excluding hydrogens is 331 g/mol. The second-order valence-corrected chi connectivity index (χ2v) is 5.44. The molecule has 0 radical (unpaired) electrons. The summed E-state index contributed by atoms with van der Waals surface area (Å²) < 4.78 is 14.1. The van der Waals surface area contributed by atoms with Gasteiger partial charge in [-0.1, -0.05) is 12.1 Å². The standard InChI is InChI=1S/C14H13BrClFN2/c1-19(9-10-3-2-4-13(17)5-10)14-11(7-16)6-12(15)8-18-14/h2-6,8H,7,9H2,1H3. The van der Waals surface area contributed by atoms with Crippen LogP contribution in [0.1, 0.15) is 11.1 Å². The van der Waals surface area contributed by atoms with Crippen LogP contribution in [0.15, 0.2) is 41.0 Å². The first kappa shape index (κ1) is 14.3. The third-order valence-electron chi connectivity index (χ3n) is 2.72. The number of hydrogen-bond donors (Lipinski definition) is 0. The van der Waals surface area contributed by atoms with Gasteiger partial charge in [0.05, 0.1) is 5.88 Å². The monoisotopic (exact) mass is 342 g/mol. The Balaban J connectivity index is 2.22. The third-order valence-corrected chi connectivity index (χ3v) is 3.45. The summed E-state index contributed by atoms with van der Waals surface area (Å²) in [5.74, 6) is 0.963. The van der Waals surface area contributed by atoms with E-state index in [0.717, 1.165) is 21.4 Å². The highest BCUT2D eigenvalue weighted by Crippen LogP contribution is 2.23. The maximum Gasteiger partial charge on any atom is 0.133 e. The van der Waals surface area contributed by atoms with Crippen LogP contribution >= 0.6 is 27.5 Å². The zero-order chi connectivity index (χ0) is 13.8. The molecule has 19 heavy (non-hydrogen) atoms. The van der Waals surface area contributed by atoms with Crippen molar-refractivity contribution in [2.24, 2.45) is 0 Å². The Morgan fingerprint density at radius 2 is 2.16 bits per heavy atom. The SMILES string of the molecule is CN(Cc1cccc(F)c1)c1ncc(Br)cc1CCl. The second-order valence-electron chi connectivity index (χ2n) is 4.26. The van der Waals surface area contributed by atoms with E-state index < -0.39 is 0 Å². The molecule has 2 nitrogen and oxygen atoms in total. The Hall–Kier alpha value is -1.13. The van der Waals surface area contributed by atoms with Crippen LogP contribution in [0, 0.1) is 5.82 Å². The van der Waals surface area contributed by atoms with Crippen molar-refractivity contribution in [1.29, 1.82) is 0 Å². The second kappa shape index (κ2) is 6.35. The summed E-state index contributed by atoms with van der Waals surface area (Å²) in [7, 11) is 1.91. The van der Waals surface area contributed by atoms with Gasteiger partial charge in [0.15, 0.2) is 0 Å². The number of halogens is 3. The fraction of sp³-hybridized carbons (Fsp3) is 0.214. The zero-order valence-corrected chi connectivity index (χ0v) is 12.7. The largest absolute Gasteiger partial charge is 0.355 e. The maximum atomic E-state index is 13.2. The zero-order valence-electron chi connectivity index (χ0n) is 10.4. The Bertz CT molecular complexity index is 577. The molecule has 1 heterocycles. The van der Waals surface area contributed by atoms with Crippen LogP contribution in [0.4, 0.5) is 10.2 Å². The fourth-order valence-electron chi connectivity index (χ4n) is 1.90. The normalized spacial score (nSPS) is 10.5. The first-order valence-corrected chi connectivity index (χ1v) is 7.09. The van der Waals surface area contributed by atoms with Gasteiger partial charge in [-0.15, -0.1) is 11.6 Å². The highest BCUT2D eigenvalue weighted by atomic mass is 79.9. The van der Waals surface area contributed by atoms with Gasteiger partial charge in [-0.05, 0) is 39.7 Å². The van der Waals surface area contributed by atoms with Crippen molar-refractivity contribution < 1.29 is 4.39 Å². The van der Waals surface area contributed by atoms with E-state index in [0.29, 0.717) is 12.4 Å². The number of alkyl halides is 1. The highest BCUT2D eigenvalue weighted by molar-refractivity contribution is 9.10. The lowest BCUT2D eigenvalue weighted by atomic mass is 10.2. The van der Waals surface area contributed by atoms with E-state index in [-0.39, 0.29) is 5.82 Å². The van der Waals surface area contributed by atoms with Gasteiger partial charge >= 0.3 is 0 Å². The van der Waals surface area contributed by atoms with E-state index >= 15 is 0 Å². The molecule has 2 rings (SSSR count). The van der Waals surface area contributed by atoms with Crippen molar-refractivity contribution in [3.05, 3.63) is 57.9 Å². The quantitative estimate of drug-likeness (QED) is 0.767. The molecule has 0 aliphatic heterocycles. The Morgan fingerprint density at radius 3 is 2.84 bits per heavy atom. The maximum absolute atomic E-state index is 13.2.